The van der Waals surface area contributed by atoms with Crippen LogP contribution >= 0.6 is 15.6 Å². The van der Waals surface area contributed by atoms with Gasteiger partial charge in [-0.05, 0) is 43.4 Å². The van der Waals surface area contributed by atoms with Crippen LogP contribution in [0.25, 0.3) is 0 Å². The topological polar surface area (TPSA) is 237 Å². The summed E-state index contributed by atoms with van der Waals surface area (Å²) in [7, 11) is -9.91. The standard InChI is InChI=1S/C72H140O17P2/c1-8-9-10-11-12-13-14-15-16-17-18-25-34-41-48-55-71(76)88-67(59-82-69(74)53-46-39-32-26-19-22-29-36-43-50-63(2)3)61-86-90(78,79)84-57-66(73)58-85-91(80,81)87-62-68(89-72(77)56-49-42-35-28-21-24-31-38-45-52-65(6)7)60-83-70(75)54-47-40-33-27-20-23-30-37-44-51-64(4)5/h63-68,73H,8-62H2,1-7H3,(H,78,79)(H,80,81)/t66-,67-,68-/m1/s1. The first-order chi connectivity index (χ1) is 43.7. The van der Waals surface area contributed by atoms with Crippen molar-refractivity contribution in [2.75, 3.05) is 39.6 Å². The molecule has 540 valence electrons. The van der Waals surface area contributed by atoms with Crippen molar-refractivity contribution in [1.29, 1.82) is 0 Å². The highest BCUT2D eigenvalue weighted by Crippen LogP contribution is 2.45. The van der Waals surface area contributed by atoms with E-state index in [1.807, 2.05) is 0 Å². The highest BCUT2D eigenvalue weighted by molar-refractivity contribution is 7.47. The smallest absolute Gasteiger partial charge is 0.462 e. The van der Waals surface area contributed by atoms with Crippen LogP contribution in [0, 0.1) is 17.8 Å². The van der Waals surface area contributed by atoms with Gasteiger partial charge in [-0.15, -0.1) is 0 Å². The fourth-order valence-corrected chi connectivity index (χ4v) is 12.5. The lowest BCUT2D eigenvalue weighted by molar-refractivity contribution is -0.161. The molecule has 0 aliphatic rings. The van der Waals surface area contributed by atoms with Crippen LogP contribution in [0.1, 0.15) is 363 Å². The Balaban J connectivity index is 5.26. The zero-order chi connectivity index (χ0) is 67.3. The molecule has 0 aliphatic carbocycles. The molecule has 3 N–H and O–H groups in total. The maximum absolute atomic E-state index is 13.0. The van der Waals surface area contributed by atoms with Crippen molar-refractivity contribution >= 4 is 39.5 Å². The van der Waals surface area contributed by atoms with Gasteiger partial charge in [0, 0.05) is 25.7 Å². The molecule has 5 atom stereocenters. The molecule has 0 aromatic carbocycles. The molecular formula is C72H140O17P2. The number of carbonyl (C=O) groups excluding carboxylic acids is 4. The largest absolute Gasteiger partial charge is 0.472 e. The van der Waals surface area contributed by atoms with Crippen molar-refractivity contribution in [3.05, 3.63) is 0 Å². The minimum absolute atomic E-state index is 0.105. The molecule has 0 heterocycles. The van der Waals surface area contributed by atoms with Gasteiger partial charge in [0.1, 0.15) is 19.3 Å². The first-order valence-corrected chi connectivity index (χ1v) is 40.3. The first-order valence-electron chi connectivity index (χ1n) is 37.3. The zero-order valence-electron chi connectivity index (χ0n) is 59.3. The van der Waals surface area contributed by atoms with Gasteiger partial charge in [0.25, 0.3) is 0 Å². The van der Waals surface area contributed by atoms with Crippen LogP contribution in [0.5, 0.6) is 0 Å². The number of hydrogen-bond donors (Lipinski definition) is 3. The Hall–Kier alpha value is -1.94. The minimum Gasteiger partial charge on any atom is -0.462 e. The second-order valence-corrected chi connectivity index (χ2v) is 30.3. The summed E-state index contributed by atoms with van der Waals surface area (Å²) in [6.45, 7) is 11.8. The molecule has 0 radical (unpaired) electrons. The maximum atomic E-state index is 13.0. The average Bonchev–Trinajstić information content (AvgIpc) is 3.71. The Labute approximate surface area is 556 Å². The van der Waals surface area contributed by atoms with Gasteiger partial charge in [-0.1, -0.05) is 312 Å². The number of aliphatic hydroxyl groups excluding tert-OH is 1. The predicted octanol–water partition coefficient (Wildman–Crippen LogP) is 20.6. The quantitative estimate of drug-likeness (QED) is 0.0222. The van der Waals surface area contributed by atoms with E-state index in [1.54, 1.807) is 0 Å². The summed E-state index contributed by atoms with van der Waals surface area (Å²) in [5.41, 5.74) is 0. The summed E-state index contributed by atoms with van der Waals surface area (Å²) >= 11 is 0. The summed E-state index contributed by atoms with van der Waals surface area (Å²) in [5.74, 6) is 0.101. The van der Waals surface area contributed by atoms with E-state index in [9.17, 15) is 43.2 Å². The van der Waals surface area contributed by atoms with Crippen LogP contribution in [0.15, 0.2) is 0 Å². The Kier molecular flexibility index (Phi) is 61.5. The molecule has 2 unspecified atom stereocenters. The van der Waals surface area contributed by atoms with Gasteiger partial charge in [0.2, 0.25) is 0 Å². The molecule has 0 amide bonds. The van der Waals surface area contributed by atoms with Crippen LogP contribution in [0.3, 0.4) is 0 Å². The van der Waals surface area contributed by atoms with Gasteiger partial charge >= 0.3 is 39.5 Å². The number of rotatable bonds is 70. The number of ether oxygens (including phenoxy) is 4. The molecule has 0 aromatic heterocycles. The van der Waals surface area contributed by atoms with Gasteiger partial charge in [-0.3, -0.25) is 37.3 Å². The van der Waals surface area contributed by atoms with Crippen LogP contribution in [-0.4, -0.2) is 96.7 Å². The summed E-state index contributed by atoms with van der Waals surface area (Å²) < 4.78 is 68.4. The number of phosphoric ester groups is 2. The number of aliphatic hydroxyl groups is 1. The van der Waals surface area contributed by atoms with Gasteiger partial charge in [0.05, 0.1) is 26.4 Å². The highest BCUT2D eigenvalue weighted by Gasteiger charge is 2.30. The fraction of sp³-hybridized carbons (Fsp3) is 0.944. The van der Waals surface area contributed by atoms with Crippen LogP contribution in [0.2, 0.25) is 0 Å². The molecule has 91 heavy (non-hydrogen) atoms. The van der Waals surface area contributed by atoms with E-state index in [2.05, 4.69) is 48.5 Å². The van der Waals surface area contributed by atoms with Gasteiger partial charge in [-0.25, -0.2) is 9.13 Å². The molecular weight excluding hydrogens is 1200 g/mol. The van der Waals surface area contributed by atoms with Crippen LogP contribution in [-0.2, 0) is 65.4 Å². The summed E-state index contributed by atoms with van der Waals surface area (Å²) in [6.07, 6.45) is 47.1. The molecule has 0 saturated carbocycles. The summed E-state index contributed by atoms with van der Waals surface area (Å²) in [6, 6.07) is 0. The Morgan fingerprint density at radius 1 is 0.297 bits per heavy atom. The lowest BCUT2D eigenvalue weighted by Gasteiger charge is -2.21. The van der Waals surface area contributed by atoms with Crippen molar-refractivity contribution < 1.29 is 80.2 Å². The number of phosphoric acid groups is 2. The third-order valence-electron chi connectivity index (χ3n) is 16.6. The van der Waals surface area contributed by atoms with Crippen molar-refractivity contribution in [2.24, 2.45) is 17.8 Å². The van der Waals surface area contributed by atoms with Crippen molar-refractivity contribution in [1.82, 2.24) is 0 Å². The lowest BCUT2D eigenvalue weighted by atomic mass is 10.0. The Morgan fingerprint density at radius 2 is 0.505 bits per heavy atom. The monoisotopic (exact) mass is 1340 g/mol. The van der Waals surface area contributed by atoms with E-state index in [1.165, 1.54) is 173 Å². The molecule has 19 heteroatoms. The van der Waals surface area contributed by atoms with Crippen molar-refractivity contribution in [3.8, 4) is 0 Å². The second kappa shape index (κ2) is 62.8. The number of unbranched alkanes of at least 4 members (excludes halogenated alkanes) is 38. The zero-order valence-corrected chi connectivity index (χ0v) is 61.1. The normalized spacial score (nSPS) is 14.2. The van der Waals surface area contributed by atoms with Crippen molar-refractivity contribution in [3.63, 3.8) is 0 Å². The van der Waals surface area contributed by atoms with E-state index in [4.69, 9.17) is 37.0 Å². The SMILES string of the molecule is CCCCCCCCCCCCCCCCCC(=O)O[C@H](COC(=O)CCCCCCCCCCCC(C)C)COP(=O)(O)OC[C@@H](O)COP(=O)(O)OC[C@@H](COC(=O)CCCCCCCCCCCC(C)C)OC(=O)CCCCCCCCCCCC(C)C. The number of esters is 4. The lowest BCUT2D eigenvalue weighted by Crippen LogP contribution is -2.30. The van der Waals surface area contributed by atoms with E-state index < -0.39 is 97.5 Å². The fourth-order valence-electron chi connectivity index (χ4n) is 10.9. The summed E-state index contributed by atoms with van der Waals surface area (Å²) in [5, 5.41) is 10.6. The van der Waals surface area contributed by atoms with E-state index in [0.29, 0.717) is 25.7 Å². The van der Waals surface area contributed by atoms with Gasteiger partial charge in [0.15, 0.2) is 12.2 Å². The number of hydrogen-bond acceptors (Lipinski definition) is 15. The first kappa shape index (κ1) is 89.1. The molecule has 0 aromatic rings. The predicted molar refractivity (Wildman–Crippen MR) is 368 cm³/mol. The Morgan fingerprint density at radius 3 is 0.747 bits per heavy atom. The minimum atomic E-state index is -4.95. The molecule has 0 fully saturated rings. The molecule has 17 nitrogen and oxygen atoms in total. The van der Waals surface area contributed by atoms with Crippen LogP contribution in [0.4, 0.5) is 0 Å². The number of carbonyl (C=O) groups is 4. The molecule has 0 bridgehead atoms. The molecule has 0 aliphatic heterocycles. The van der Waals surface area contributed by atoms with E-state index in [-0.39, 0.29) is 25.7 Å². The second-order valence-electron chi connectivity index (χ2n) is 27.4. The highest BCUT2D eigenvalue weighted by atomic mass is 31.2. The van der Waals surface area contributed by atoms with E-state index >= 15 is 0 Å². The van der Waals surface area contributed by atoms with Crippen LogP contribution < -0.4 is 0 Å². The van der Waals surface area contributed by atoms with E-state index in [0.717, 1.165) is 108 Å². The third kappa shape index (κ3) is 66.5. The third-order valence-corrected chi connectivity index (χ3v) is 18.5. The summed E-state index contributed by atoms with van der Waals surface area (Å²) in [4.78, 5) is 72.6. The van der Waals surface area contributed by atoms with Gasteiger partial charge < -0.3 is 33.8 Å². The maximum Gasteiger partial charge on any atom is 0.472 e. The molecule has 0 rings (SSSR count). The molecule has 0 saturated heterocycles. The van der Waals surface area contributed by atoms with Gasteiger partial charge in [-0.2, -0.15) is 0 Å². The average molecular weight is 1340 g/mol. The molecule has 0 spiro atoms. The Bertz CT molecular complexity index is 1780. The van der Waals surface area contributed by atoms with Crippen molar-refractivity contribution in [2.45, 2.75) is 381 Å².